The van der Waals surface area contributed by atoms with Crippen LogP contribution >= 0.6 is 0 Å². The predicted molar refractivity (Wildman–Crippen MR) is 88.6 cm³/mol. The van der Waals surface area contributed by atoms with E-state index in [9.17, 15) is 24.3 Å². The van der Waals surface area contributed by atoms with Gasteiger partial charge in [-0.3, -0.25) is 19.2 Å². The summed E-state index contributed by atoms with van der Waals surface area (Å²) >= 11 is 0. The smallest absolute Gasteiger partial charge is 0.303 e. The highest BCUT2D eigenvalue weighted by atomic mass is 16.7. The van der Waals surface area contributed by atoms with E-state index < -0.39 is 54.5 Å². The van der Waals surface area contributed by atoms with Gasteiger partial charge in [-0.2, -0.15) is 0 Å². The van der Waals surface area contributed by atoms with Crippen molar-refractivity contribution in [3.05, 3.63) is 24.2 Å². The first kappa shape index (κ1) is 21.4. The molecule has 1 saturated heterocycles. The van der Waals surface area contributed by atoms with Crippen molar-refractivity contribution in [1.82, 2.24) is 5.32 Å². The van der Waals surface area contributed by atoms with Crippen LogP contribution in [-0.2, 0) is 33.3 Å². The number of hydrogen-bond acceptors (Lipinski definition) is 10. The molecule has 154 valence electrons. The molecule has 1 aromatic heterocycles. The standard InChI is InChI=1S/C17H21NO10/c1-8(19)25-7-12-14(26-9(2)20)15(27-10(3)21)13(17(23)28-12)18-16(22)11-5-4-6-24-11/h4-6,12-15,17,23H,7H2,1-3H3,(H,18,22)/t12-,13+,14+,15+,17-/m0/s1. The number of hydrogen-bond donors (Lipinski definition) is 2. The number of carbonyl (C=O) groups is 4. The average molecular weight is 399 g/mol. The predicted octanol–water partition coefficient (Wildman–Crippen LogP) is -0.478. The SMILES string of the molecule is CC(=O)OC[C@@H]1O[C@H](O)[C@H](NC(=O)c2ccco2)[C@@H](OC(C)=O)[C@@H]1OC(C)=O. The summed E-state index contributed by atoms with van der Waals surface area (Å²) in [5, 5.41) is 12.8. The van der Waals surface area contributed by atoms with Crippen LogP contribution in [0.4, 0.5) is 0 Å². The lowest BCUT2D eigenvalue weighted by Crippen LogP contribution is -2.66. The maximum Gasteiger partial charge on any atom is 0.303 e. The van der Waals surface area contributed by atoms with E-state index in [1.165, 1.54) is 18.4 Å². The van der Waals surface area contributed by atoms with E-state index in [0.717, 1.165) is 20.8 Å². The van der Waals surface area contributed by atoms with Gasteiger partial charge >= 0.3 is 17.9 Å². The number of carbonyl (C=O) groups excluding carboxylic acids is 4. The monoisotopic (exact) mass is 399 g/mol. The van der Waals surface area contributed by atoms with Crippen molar-refractivity contribution in [2.24, 2.45) is 0 Å². The minimum absolute atomic E-state index is 0.0557. The van der Waals surface area contributed by atoms with Crippen molar-refractivity contribution in [2.75, 3.05) is 6.61 Å². The van der Waals surface area contributed by atoms with Crippen molar-refractivity contribution in [1.29, 1.82) is 0 Å². The molecular formula is C17H21NO10. The summed E-state index contributed by atoms with van der Waals surface area (Å²) in [6, 6.07) is 1.59. The van der Waals surface area contributed by atoms with E-state index in [1.54, 1.807) is 0 Å². The van der Waals surface area contributed by atoms with Gasteiger partial charge in [-0.25, -0.2) is 0 Å². The largest absolute Gasteiger partial charge is 0.463 e. The Kier molecular flexibility index (Phi) is 7.12. The van der Waals surface area contributed by atoms with Gasteiger partial charge in [0.05, 0.1) is 6.26 Å². The molecule has 0 unspecified atom stereocenters. The number of esters is 3. The molecule has 1 aliphatic heterocycles. The second-order valence-electron chi connectivity index (χ2n) is 5.99. The first-order chi connectivity index (χ1) is 13.2. The Morgan fingerprint density at radius 1 is 1.07 bits per heavy atom. The zero-order chi connectivity index (χ0) is 20.8. The molecule has 1 fully saturated rings. The van der Waals surface area contributed by atoms with Gasteiger partial charge in [0.2, 0.25) is 0 Å². The van der Waals surface area contributed by atoms with Crippen LogP contribution in [0.15, 0.2) is 22.8 Å². The number of furan rings is 1. The summed E-state index contributed by atoms with van der Waals surface area (Å²) in [5.74, 6) is -2.88. The van der Waals surface area contributed by atoms with Crippen molar-refractivity contribution in [2.45, 2.75) is 51.4 Å². The summed E-state index contributed by atoms with van der Waals surface area (Å²) in [6.45, 7) is 3.02. The van der Waals surface area contributed by atoms with Crippen molar-refractivity contribution in [3.8, 4) is 0 Å². The molecule has 0 aromatic carbocycles. The number of rotatable bonds is 6. The molecule has 0 spiro atoms. The first-order valence-corrected chi connectivity index (χ1v) is 8.34. The molecular weight excluding hydrogens is 378 g/mol. The van der Waals surface area contributed by atoms with Gasteiger partial charge in [-0.1, -0.05) is 0 Å². The van der Waals surface area contributed by atoms with Crippen molar-refractivity contribution >= 4 is 23.8 Å². The Morgan fingerprint density at radius 2 is 1.71 bits per heavy atom. The van der Waals surface area contributed by atoms with E-state index in [2.05, 4.69) is 5.32 Å². The van der Waals surface area contributed by atoms with Crippen LogP contribution in [0.25, 0.3) is 0 Å². The Morgan fingerprint density at radius 3 is 2.25 bits per heavy atom. The fraction of sp³-hybridized carbons (Fsp3) is 0.529. The molecule has 2 N–H and O–H groups in total. The zero-order valence-electron chi connectivity index (χ0n) is 15.4. The van der Waals surface area contributed by atoms with Crippen LogP contribution in [0, 0.1) is 0 Å². The van der Waals surface area contributed by atoms with Gasteiger partial charge in [-0.05, 0) is 12.1 Å². The Hall–Kier alpha value is -2.92. The lowest BCUT2D eigenvalue weighted by molar-refractivity contribution is -0.263. The van der Waals surface area contributed by atoms with Gasteiger partial charge in [0, 0.05) is 20.8 Å². The minimum Gasteiger partial charge on any atom is -0.463 e. The highest BCUT2D eigenvalue weighted by Crippen LogP contribution is 2.26. The molecule has 0 aliphatic carbocycles. The summed E-state index contributed by atoms with van der Waals surface area (Å²) in [5.41, 5.74) is 0. The molecule has 2 heterocycles. The summed E-state index contributed by atoms with van der Waals surface area (Å²) < 4.78 is 25.6. The molecule has 1 aromatic rings. The Bertz CT molecular complexity index is 716. The number of ether oxygens (including phenoxy) is 4. The van der Waals surface area contributed by atoms with E-state index in [0.29, 0.717) is 0 Å². The average Bonchev–Trinajstić information content (AvgIpc) is 3.12. The maximum atomic E-state index is 12.3. The van der Waals surface area contributed by atoms with E-state index in [-0.39, 0.29) is 12.4 Å². The second-order valence-corrected chi connectivity index (χ2v) is 5.99. The van der Waals surface area contributed by atoms with Crippen LogP contribution in [-0.4, -0.2) is 66.2 Å². The molecule has 5 atom stereocenters. The molecule has 28 heavy (non-hydrogen) atoms. The molecule has 11 heteroatoms. The first-order valence-electron chi connectivity index (χ1n) is 8.34. The number of nitrogens with one attached hydrogen (secondary N) is 1. The van der Waals surface area contributed by atoms with Crippen LogP contribution in [0.1, 0.15) is 31.3 Å². The third-order valence-electron chi connectivity index (χ3n) is 3.76. The molecule has 11 nitrogen and oxygen atoms in total. The lowest BCUT2D eigenvalue weighted by atomic mass is 9.96. The Balaban J connectivity index is 2.29. The molecule has 1 amide bonds. The van der Waals surface area contributed by atoms with Gasteiger partial charge in [0.25, 0.3) is 5.91 Å². The zero-order valence-corrected chi connectivity index (χ0v) is 15.4. The highest BCUT2D eigenvalue weighted by Gasteiger charge is 2.50. The number of amides is 1. The van der Waals surface area contributed by atoms with E-state index in [4.69, 9.17) is 23.4 Å². The fourth-order valence-electron chi connectivity index (χ4n) is 2.70. The van der Waals surface area contributed by atoms with Gasteiger partial charge in [0.15, 0.2) is 24.3 Å². The van der Waals surface area contributed by atoms with E-state index >= 15 is 0 Å². The highest BCUT2D eigenvalue weighted by molar-refractivity contribution is 5.91. The van der Waals surface area contributed by atoms with Crippen LogP contribution in [0.5, 0.6) is 0 Å². The number of aliphatic hydroxyl groups excluding tert-OH is 1. The molecule has 0 radical (unpaired) electrons. The molecule has 2 rings (SSSR count). The van der Waals surface area contributed by atoms with Crippen LogP contribution in [0.3, 0.4) is 0 Å². The van der Waals surface area contributed by atoms with Crippen molar-refractivity contribution in [3.63, 3.8) is 0 Å². The summed E-state index contributed by atoms with van der Waals surface area (Å²) in [7, 11) is 0. The summed E-state index contributed by atoms with van der Waals surface area (Å²) in [6.07, 6.45) is -4.08. The Labute approximate surface area is 159 Å². The van der Waals surface area contributed by atoms with Crippen LogP contribution < -0.4 is 5.32 Å². The topological polar surface area (TPSA) is 151 Å². The maximum absolute atomic E-state index is 12.3. The van der Waals surface area contributed by atoms with Gasteiger partial charge < -0.3 is 33.8 Å². The van der Waals surface area contributed by atoms with Crippen molar-refractivity contribution < 1.29 is 47.6 Å². The fourth-order valence-corrected chi connectivity index (χ4v) is 2.70. The molecule has 1 aliphatic rings. The quantitative estimate of drug-likeness (QED) is 0.474. The third kappa shape index (κ3) is 5.54. The number of aliphatic hydroxyl groups is 1. The van der Waals surface area contributed by atoms with Gasteiger partial charge in [-0.15, -0.1) is 0 Å². The van der Waals surface area contributed by atoms with Crippen LogP contribution in [0.2, 0.25) is 0 Å². The van der Waals surface area contributed by atoms with Gasteiger partial charge in [0.1, 0.15) is 18.8 Å². The summed E-state index contributed by atoms with van der Waals surface area (Å²) in [4.78, 5) is 46.5. The molecule has 0 saturated carbocycles. The normalized spacial score (nSPS) is 26.8. The third-order valence-corrected chi connectivity index (χ3v) is 3.76. The lowest BCUT2D eigenvalue weighted by Gasteiger charge is -2.43. The molecule has 0 bridgehead atoms. The van der Waals surface area contributed by atoms with E-state index in [1.807, 2.05) is 0 Å². The second kappa shape index (κ2) is 9.33. The minimum atomic E-state index is -1.66.